The molecular weight excluding hydrogens is 210 g/mol. The van der Waals surface area contributed by atoms with Crippen LogP contribution in [0.25, 0.3) is 0 Å². The maximum Gasteiger partial charge on any atom is 0.0652 e. The largest absolute Gasteiger partial charge is 0.381 e. The van der Waals surface area contributed by atoms with E-state index in [1.54, 1.807) is 0 Å². The first kappa shape index (κ1) is 13.4. The van der Waals surface area contributed by atoms with Gasteiger partial charge in [-0.3, -0.25) is 0 Å². The third kappa shape index (κ3) is 2.53. The zero-order valence-electron chi connectivity index (χ0n) is 12.1. The van der Waals surface area contributed by atoms with E-state index in [-0.39, 0.29) is 0 Å². The lowest BCUT2D eigenvalue weighted by Crippen LogP contribution is -2.63. The molecule has 0 aliphatic heterocycles. The Morgan fingerprint density at radius 3 is 2.29 bits per heavy atom. The van der Waals surface area contributed by atoms with Gasteiger partial charge in [0.15, 0.2) is 0 Å². The van der Waals surface area contributed by atoms with Crippen molar-refractivity contribution in [1.82, 2.24) is 5.32 Å². The van der Waals surface area contributed by atoms with E-state index in [1.165, 1.54) is 25.7 Å². The van der Waals surface area contributed by atoms with Gasteiger partial charge in [-0.25, -0.2) is 0 Å². The Labute approximate surface area is 107 Å². The van der Waals surface area contributed by atoms with Crippen molar-refractivity contribution in [2.45, 2.75) is 71.6 Å². The molecule has 17 heavy (non-hydrogen) atoms. The van der Waals surface area contributed by atoms with E-state index in [1.807, 2.05) is 7.11 Å². The summed E-state index contributed by atoms with van der Waals surface area (Å²) in [7, 11) is 1.84. The minimum Gasteiger partial charge on any atom is -0.381 e. The summed E-state index contributed by atoms with van der Waals surface area (Å²) < 4.78 is 5.52. The van der Waals surface area contributed by atoms with Crippen LogP contribution in [0.1, 0.15) is 53.4 Å². The van der Waals surface area contributed by atoms with Gasteiger partial charge in [-0.1, -0.05) is 27.7 Å². The molecule has 2 aliphatic carbocycles. The zero-order chi connectivity index (χ0) is 12.6. The fraction of sp³-hybridized carbons (Fsp3) is 1.00. The van der Waals surface area contributed by atoms with Crippen LogP contribution in [0.15, 0.2) is 0 Å². The molecule has 2 heteroatoms. The fourth-order valence-corrected chi connectivity index (χ4v) is 3.55. The predicted octanol–water partition coefficient (Wildman–Crippen LogP) is 3.21. The average molecular weight is 239 g/mol. The maximum absolute atomic E-state index is 5.52. The summed E-state index contributed by atoms with van der Waals surface area (Å²) in [5.74, 6) is 1.79. The Morgan fingerprint density at radius 1 is 1.06 bits per heavy atom. The molecule has 0 spiro atoms. The Kier molecular flexibility index (Phi) is 3.84. The van der Waals surface area contributed by atoms with Crippen molar-refractivity contribution in [3.8, 4) is 0 Å². The molecule has 1 N–H and O–H groups in total. The van der Waals surface area contributed by atoms with Gasteiger partial charge in [0.2, 0.25) is 0 Å². The van der Waals surface area contributed by atoms with Crippen LogP contribution in [0, 0.1) is 17.3 Å². The molecule has 0 amide bonds. The van der Waals surface area contributed by atoms with E-state index < -0.39 is 0 Å². The quantitative estimate of drug-likeness (QED) is 0.816. The number of hydrogen-bond donors (Lipinski definition) is 1. The molecule has 100 valence electrons. The number of ether oxygens (including phenoxy) is 1. The van der Waals surface area contributed by atoms with Crippen molar-refractivity contribution < 1.29 is 4.74 Å². The van der Waals surface area contributed by atoms with Crippen LogP contribution >= 0.6 is 0 Å². The highest BCUT2D eigenvalue weighted by atomic mass is 16.5. The zero-order valence-corrected chi connectivity index (χ0v) is 12.1. The van der Waals surface area contributed by atoms with Gasteiger partial charge in [0.1, 0.15) is 0 Å². The second-order valence-corrected chi connectivity index (χ2v) is 6.97. The Morgan fingerprint density at radius 2 is 1.76 bits per heavy atom. The van der Waals surface area contributed by atoms with E-state index in [0.29, 0.717) is 17.6 Å². The molecule has 2 aliphatic rings. The van der Waals surface area contributed by atoms with Gasteiger partial charge in [-0.2, -0.15) is 0 Å². The molecule has 2 fully saturated rings. The molecule has 2 saturated carbocycles. The summed E-state index contributed by atoms with van der Waals surface area (Å²) in [6.45, 7) is 9.46. The lowest BCUT2D eigenvalue weighted by atomic mass is 9.64. The fourth-order valence-electron chi connectivity index (χ4n) is 3.55. The average Bonchev–Trinajstić information content (AvgIpc) is 2.28. The van der Waals surface area contributed by atoms with E-state index in [4.69, 9.17) is 4.74 Å². The molecule has 0 aromatic rings. The Bertz CT molecular complexity index is 264. The normalized spacial score (nSPS) is 45.4. The van der Waals surface area contributed by atoms with Crippen LogP contribution in [0.2, 0.25) is 0 Å². The molecule has 0 bridgehead atoms. The van der Waals surface area contributed by atoms with Gasteiger partial charge in [0.05, 0.1) is 6.10 Å². The molecule has 2 rings (SSSR count). The van der Waals surface area contributed by atoms with Crippen LogP contribution in [0.5, 0.6) is 0 Å². The van der Waals surface area contributed by atoms with E-state index in [9.17, 15) is 0 Å². The molecule has 0 aromatic carbocycles. The monoisotopic (exact) mass is 239 g/mol. The number of hydrogen-bond acceptors (Lipinski definition) is 2. The summed E-state index contributed by atoms with van der Waals surface area (Å²) in [6.07, 6.45) is 5.73. The summed E-state index contributed by atoms with van der Waals surface area (Å²) in [6, 6.07) is 1.39. The van der Waals surface area contributed by atoms with Crippen molar-refractivity contribution in [2.24, 2.45) is 17.3 Å². The van der Waals surface area contributed by atoms with E-state index >= 15 is 0 Å². The molecule has 0 heterocycles. The van der Waals surface area contributed by atoms with Crippen LogP contribution in [-0.4, -0.2) is 25.3 Å². The van der Waals surface area contributed by atoms with Crippen LogP contribution < -0.4 is 5.32 Å². The number of methoxy groups -OCH3 is 1. The molecular formula is C15H29NO. The third-order valence-corrected chi connectivity index (χ3v) is 5.50. The van der Waals surface area contributed by atoms with Crippen LogP contribution in [0.3, 0.4) is 0 Å². The first-order chi connectivity index (χ1) is 7.95. The van der Waals surface area contributed by atoms with Crippen molar-refractivity contribution >= 4 is 0 Å². The highest BCUT2D eigenvalue weighted by molar-refractivity contribution is 5.03. The van der Waals surface area contributed by atoms with E-state index in [2.05, 4.69) is 33.0 Å². The predicted molar refractivity (Wildman–Crippen MR) is 72.1 cm³/mol. The third-order valence-electron chi connectivity index (χ3n) is 5.50. The molecule has 5 unspecified atom stereocenters. The SMILES string of the molecule is COC1CC(NC2CCC(C)C(C)C2)C1(C)C. The molecule has 0 radical (unpaired) electrons. The summed E-state index contributed by atoms with van der Waals surface area (Å²) in [4.78, 5) is 0. The Hall–Kier alpha value is -0.0800. The minimum atomic E-state index is 0.307. The number of rotatable bonds is 3. The summed E-state index contributed by atoms with van der Waals surface area (Å²) in [5, 5.41) is 3.88. The second kappa shape index (κ2) is 4.89. The maximum atomic E-state index is 5.52. The van der Waals surface area contributed by atoms with Gasteiger partial charge in [-0.05, 0) is 37.5 Å². The van der Waals surface area contributed by atoms with Gasteiger partial charge in [-0.15, -0.1) is 0 Å². The van der Waals surface area contributed by atoms with Gasteiger partial charge >= 0.3 is 0 Å². The van der Waals surface area contributed by atoms with Crippen LogP contribution in [0.4, 0.5) is 0 Å². The van der Waals surface area contributed by atoms with E-state index in [0.717, 1.165) is 17.9 Å². The highest BCUT2D eigenvalue weighted by Crippen LogP contribution is 2.43. The van der Waals surface area contributed by atoms with Gasteiger partial charge in [0, 0.05) is 24.6 Å². The molecule has 0 aromatic heterocycles. The minimum absolute atomic E-state index is 0.307. The summed E-state index contributed by atoms with van der Waals surface area (Å²) >= 11 is 0. The van der Waals surface area contributed by atoms with Gasteiger partial charge in [0.25, 0.3) is 0 Å². The molecule has 2 nitrogen and oxygen atoms in total. The smallest absolute Gasteiger partial charge is 0.0652 e. The van der Waals surface area contributed by atoms with Crippen LogP contribution in [-0.2, 0) is 4.74 Å². The Balaban J connectivity index is 1.83. The van der Waals surface area contributed by atoms with Crippen molar-refractivity contribution in [3.63, 3.8) is 0 Å². The lowest BCUT2D eigenvalue weighted by molar-refractivity contribution is -0.102. The lowest BCUT2D eigenvalue weighted by Gasteiger charge is -2.53. The highest BCUT2D eigenvalue weighted by Gasteiger charge is 2.49. The van der Waals surface area contributed by atoms with Crippen molar-refractivity contribution in [1.29, 1.82) is 0 Å². The molecule has 0 saturated heterocycles. The first-order valence-electron chi connectivity index (χ1n) is 7.24. The topological polar surface area (TPSA) is 21.3 Å². The number of nitrogens with one attached hydrogen (secondary N) is 1. The van der Waals surface area contributed by atoms with Crippen molar-refractivity contribution in [3.05, 3.63) is 0 Å². The molecule has 5 atom stereocenters. The first-order valence-corrected chi connectivity index (χ1v) is 7.24. The van der Waals surface area contributed by atoms with Crippen molar-refractivity contribution in [2.75, 3.05) is 7.11 Å². The standard InChI is InChI=1S/C15H29NO/c1-10-6-7-12(8-11(10)2)16-13-9-14(17-5)15(13,3)4/h10-14,16H,6-9H2,1-5H3. The van der Waals surface area contributed by atoms with Gasteiger partial charge < -0.3 is 10.1 Å². The second-order valence-electron chi connectivity index (χ2n) is 6.97. The summed E-state index contributed by atoms with van der Waals surface area (Å²) in [5.41, 5.74) is 0.307.